The van der Waals surface area contributed by atoms with Crippen molar-refractivity contribution in [3.05, 3.63) is 53.1 Å². The molecule has 0 spiro atoms. The lowest BCUT2D eigenvalue weighted by molar-refractivity contribution is 0.430. The summed E-state index contributed by atoms with van der Waals surface area (Å²) in [4.78, 5) is 3.92. The Bertz CT molecular complexity index is 590. The van der Waals surface area contributed by atoms with Gasteiger partial charge in [-0.15, -0.1) is 0 Å². The topological polar surface area (TPSA) is 34.1 Å². The highest BCUT2D eigenvalue weighted by Gasteiger charge is 2.11. The fourth-order valence-corrected chi connectivity index (χ4v) is 1.85. The van der Waals surface area contributed by atoms with Crippen molar-refractivity contribution < 1.29 is 9.13 Å². The SMILES string of the molecule is CC(C)NCc1cccc(F)c1Oc1cncc(Cl)c1. The Kier molecular flexibility index (Phi) is 4.93. The molecule has 106 valence electrons. The molecule has 0 aliphatic carbocycles. The van der Waals surface area contributed by atoms with Gasteiger partial charge in [-0.05, 0) is 6.07 Å². The van der Waals surface area contributed by atoms with Crippen LogP contribution in [-0.2, 0) is 6.54 Å². The summed E-state index contributed by atoms with van der Waals surface area (Å²) in [6.07, 6.45) is 3.00. The van der Waals surface area contributed by atoms with Crippen molar-refractivity contribution in [2.45, 2.75) is 26.4 Å². The van der Waals surface area contributed by atoms with Crippen LogP contribution in [0.25, 0.3) is 0 Å². The standard InChI is InChI=1S/C15H16ClFN2O/c1-10(2)19-7-11-4-3-5-14(17)15(11)20-13-6-12(16)8-18-9-13/h3-6,8-10,19H,7H2,1-2H3. The number of pyridine rings is 1. The van der Waals surface area contributed by atoms with Gasteiger partial charge in [0.15, 0.2) is 11.6 Å². The molecule has 1 aromatic carbocycles. The number of ether oxygens (including phenoxy) is 1. The van der Waals surface area contributed by atoms with Gasteiger partial charge in [-0.1, -0.05) is 37.6 Å². The molecular formula is C15H16ClFN2O. The Balaban J connectivity index is 2.25. The first-order valence-electron chi connectivity index (χ1n) is 6.35. The third kappa shape index (κ3) is 3.92. The minimum Gasteiger partial charge on any atom is -0.452 e. The summed E-state index contributed by atoms with van der Waals surface area (Å²) >= 11 is 5.84. The number of para-hydroxylation sites is 1. The van der Waals surface area contributed by atoms with Crippen molar-refractivity contribution in [2.75, 3.05) is 0 Å². The fourth-order valence-electron chi connectivity index (χ4n) is 1.69. The number of benzene rings is 1. The third-order valence-corrected chi connectivity index (χ3v) is 2.86. The average Bonchev–Trinajstić information content (AvgIpc) is 2.39. The predicted molar refractivity (Wildman–Crippen MR) is 77.7 cm³/mol. The molecular weight excluding hydrogens is 279 g/mol. The van der Waals surface area contributed by atoms with Crippen molar-refractivity contribution in [1.82, 2.24) is 10.3 Å². The largest absolute Gasteiger partial charge is 0.452 e. The van der Waals surface area contributed by atoms with Crippen LogP contribution in [0, 0.1) is 5.82 Å². The Labute approximate surface area is 122 Å². The minimum absolute atomic E-state index is 0.199. The lowest BCUT2D eigenvalue weighted by Crippen LogP contribution is -2.22. The van der Waals surface area contributed by atoms with Crippen LogP contribution in [0.2, 0.25) is 5.02 Å². The fraction of sp³-hybridized carbons (Fsp3) is 0.267. The zero-order chi connectivity index (χ0) is 14.5. The van der Waals surface area contributed by atoms with Crippen LogP contribution < -0.4 is 10.1 Å². The summed E-state index contributed by atoms with van der Waals surface area (Å²) < 4.78 is 19.5. The molecule has 1 aromatic heterocycles. The molecule has 2 rings (SSSR count). The third-order valence-electron chi connectivity index (χ3n) is 2.65. The molecule has 1 heterocycles. The van der Waals surface area contributed by atoms with Crippen LogP contribution in [0.5, 0.6) is 11.5 Å². The molecule has 0 saturated heterocycles. The van der Waals surface area contributed by atoms with E-state index in [1.54, 1.807) is 12.1 Å². The zero-order valence-electron chi connectivity index (χ0n) is 11.4. The van der Waals surface area contributed by atoms with E-state index in [1.165, 1.54) is 18.5 Å². The molecule has 2 aromatic rings. The van der Waals surface area contributed by atoms with Gasteiger partial charge in [0.25, 0.3) is 0 Å². The highest BCUT2D eigenvalue weighted by atomic mass is 35.5. The second-order valence-electron chi connectivity index (χ2n) is 4.70. The summed E-state index contributed by atoms with van der Waals surface area (Å²) in [5, 5.41) is 3.68. The molecule has 1 N–H and O–H groups in total. The minimum atomic E-state index is -0.409. The Morgan fingerprint density at radius 2 is 2.15 bits per heavy atom. The molecule has 0 aliphatic rings. The molecule has 3 nitrogen and oxygen atoms in total. The van der Waals surface area contributed by atoms with Crippen LogP contribution in [0.15, 0.2) is 36.7 Å². The first-order valence-corrected chi connectivity index (χ1v) is 6.73. The monoisotopic (exact) mass is 294 g/mol. The van der Waals surface area contributed by atoms with Gasteiger partial charge in [0.1, 0.15) is 5.75 Å². The number of nitrogens with one attached hydrogen (secondary N) is 1. The van der Waals surface area contributed by atoms with Gasteiger partial charge in [0, 0.05) is 30.4 Å². The van der Waals surface area contributed by atoms with E-state index < -0.39 is 5.82 Å². The smallest absolute Gasteiger partial charge is 0.167 e. The molecule has 0 radical (unpaired) electrons. The maximum absolute atomic E-state index is 14.0. The van der Waals surface area contributed by atoms with E-state index in [0.717, 1.165) is 5.56 Å². The first kappa shape index (κ1) is 14.8. The van der Waals surface area contributed by atoms with E-state index in [2.05, 4.69) is 10.3 Å². The summed E-state index contributed by atoms with van der Waals surface area (Å²) in [6, 6.07) is 6.76. The van der Waals surface area contributed by atoms with E-state index in [1.807, 2.05) is 19.9 Å². The van der Waals surface area contributed by atoms with Crippen LogP contribution in [0.4, 0.5) is 4.39 Å². The highest BCUT2D eigenvalue weighted by Crippen LogP contribution is 2.29. The normalized spacial score (nSPS) is 10.8. The van der Waals surface area contributed by atoms with Gasteiger partial charge in [-0.25, -0.2) is 4.39 Å². The Hall–Kier alpha value is -1.65. The highest BCUT2D eigenvalue weighted by molar-refractivity contribution is 6.30. The van der Waals surface area contributed by atoms with E-state index in [4.69, 9.17) is 16.3 Å². The first-order chi connectivity index (χ1) is 9.56. The zero-order valence-corrected chi connectivity index (χ0v) is 12.1. The van der Waals surface area contributed by atoms with Crippen molar-refractivity contribution in [3.63, 3.8) is 0 Å². The van der Waals surface area contributed by atoms with E-state index >= 15 is 0 Å². The van der Waals surface area contributed by atoms with Gasteiger partial charge in [0.05, 0.1) is 11.2 Å². The summed E-state index contributed by atoms with van der Waals surface area (Å²) in [5.74, 6) is 0.200. The number of halogens is 2. The molecule has 0 bridgehead atoms. The van der Waals surface area contributed by atoms with Gasteiger partial charge in [-0.2, -0.15) is 0 Å². The van der Waals surface area contributed by atoms with Crippen molar-refractivity contribution in [3.8, 4) is 11.5 Å². The molecule has 0 unspecified atom stereocenters. The Morgan fingerprint density at radius 3 is 2.85 bits per heavy atom. The summed E-state index contributed by atoms with van der Waals surface area (Å²) in [5.41, 5.74) is 0.749. The van der Waals surface area contributed by atoms with E-state index in [-0.39, 0.29) is 5.75 Å². The van der Waals surface area contributed by atoms with Gasteiger partial charge < -0.3 is 10.1 Å². The van der Waals surface area contributed by atoms with Crippen molar-refractivity contribution >= 4 is 11.6 Å². The lowest BCUT2D eigenvalue weighted by atomic mass is 10.2. The molecule has 0 aliphatic heterocycles. The summed E-state index contributed by atoms with van der Waals surface area (Å²) in [6.45, 7) is 4.58. The van der Waals surface area contributed by atoms with Crippen LogP contribution in [0.1, 0.15) is 19.4 Å². The van der Waals surface area contributed by atoms with Crippen molar-refractivity contribution in [1.29, 1.82) is 0 Å². The maximum atomic E-state index is 14.0. The van der Waals surface area contributed by atoms with E-state index in [9.17, 15) is 4.39 Å². The number of aromatic nitrogens is 1. The predicted octanol–water partition coefficient (Wildman–Crippen LogP) is 4.16. The molecule has 20 heavy (non-hydrogen) atoms. The average molecular weight is 295 g/mol. The second kappa shape index (κ2) is 6.68. The van der Waals surface area contributed by atoms with Gasteiger partial charge in [-0.3, -0.25) is 4.98 Å². The van der Waals surface area contributed by atoms with Crippen LogP contribution >= 0.6 is 11.6 Å². The quantitative estimate of drug-likeness (QED) is 0.899. The van der Waals surface area contributed by atoms with Crippen LogP contribution in [0.3, 0.4) is 0 Å². The summed E-state index contributed by atoms with van der Waals surface area (Å²) in [7, 11) is 0. The molecule has 5 heteroatoms. The van der Waals surface area contributed by atoms with Gasteiger partial charge in [0.2, 0.25) is 0 Å². The number of hydrogen-bond acceptors (Lipinski definition) is 3. The molecule has 0 amide bonds. The van der Waals surface area contributed by atoms with E-state index in [0.29, 0.717) is 23.4 Å². The molecule has 0 saturated carbocycles. The number of rotatable bonds is 5. The number of hydrogen-bond donors (Lipinski definition) is 1. The number of nitrogens with zero attached hydrogens (tertiary/aromatic N) is 1. The van der Waals surface area contributed by atoms with Crippen molar-refractivity contribution in [2.24, 2.45) is 0 Å². The second-order valence-corrected chi connectivity index (χ2v) is 5.14. The molecule has 0 fully saturated rings. The lowest BCUT2D eigenvalue weighted by Gasteiger charge is -2.14. The van der Waals surface area contributed by atoms with Gasteiger partial charge >= 0.3 is 0 Å². The maximum Gasteiger partial charge on any atom is 0.167 e. The Morgan fingerprint density at radius 1 is 1.35 bits per heavy atom. The van der Waals surface area contributed by atoms with Crippen LogP contribution in [-0.4, -0.2) is 11.0 Å². The molecule has 0 atom stereocenters.